The van der Waals surface area contributed by atoms with Gasteiger partial charge in [0.15, 0.2) is 5.82 Å². The third-order valence-electron chi connectivity index (χ3n) is 10.2. The van der Waals surface area contributed by atoms with Gasteiger partial charge in [-0.25, -0.2) is 33.5 Å². The third-order valence-corrected chi connectivity index (χ3v) is 10.2. The van der Waals surface area contributed by atoms with Crippen molar-refractivity contribution in [2.45, 2.75) is 124 Å². The molecule has 1 saturated carbocycles. The molecule has 58 heavy (non-hydrogen) atoms. The smallest absolute Gasteiger partial charge is 0.415 e. The van der Waals surface area contributed by atoms with Crippen LogP contribution in [0.15, 0.2) is 24.5 Å². The van der Waals surface area contributed by atoms with Crippen LogP contribution in [0.2, 0.25) is 0 Å². The fourth-order valence-corrected chi connectivity index (χ4v) is 7.66. The highest BCUT2D eigenvalue weighted by atomic mass is 19.1. The quantitative estimate of drug-likeness (QED) is 0.241. The van der Waals surface area contributed by atoms with E-state index in [1.807, 2.05) is 20.8 Å². The Morgan fingerprint density at radius 2 is 1.47 bits per heavy atom. The predicted molar refractivity (Wildman–Crippen MR) is 216 cm³/mol. The Morgan fingerprint density at radius 1 is 0.810 bits per heavy atom. The Bertz CT molecular complexity index is 2100. The molecule has 1 aliphatic carbocycles. The second-order valence-corrected chi connectivity index (χ2v) is 18.3. The van der Waals surface area contributed by atoms with Crippen LogP contribution >= 0.6 is 0 Å². The summed E-state index contributed by atoms with van der Waals surface area (Å²) in [6.45, 7) is 19.2. The first-order valence-electron chi connectivity index (χ1n) is 19.7. The van der Waals surface area contributed by atoms with Gasteiger partial charge in [-0.15, -0.1) is 0 Å². The maximum absolute atomic E-state index is 16.8. The predicted octanol–water partition coefficient (Wildman–Crippen LogP) is 9.34. The maximum atomic E-state index is 16.8. The van der Waals surface area contributed by atoms with E-state index in [9.17, 15) is 19.2 Å². The number of hydrogen-bond donors (Lipinski definition) is 2. The van der Waals surface area contributed by atoms with E-state index in [1.165, 1.54) is 17.3 Å². The first kappa shape index (κ1) is 42.2. The summed E-state index contributed by atoms with van der Waals surface area (Å²) in [6, 6.07) is 3.12. The number of piperidine rings is 1. The van der Waals surface area contributed by atoms with Crippen LogP contribution in [0.1, 0.15) is 100.0 Å². The van der Waals surface area contributed by atoms with Crippen LogP contribution in [0.4, 0.5) is 40.8 Å². The number of nitrogens with zero attached hydrogens (tertiary/aromatic N) is 4. The molecule has 6 rings (SSSR count). The van der Waals surface area contributed by atoms with Gasteiger partial charge in [0.05, 0.1) is 12.2 Å². The molecule has 314 valence electrons. The number of aromatic nitrogens is 2. The first-order valence-corrected chi connectivity index (χ1v) is 19.7. The number of likely N-dealkylation sites (tertiary alicyclic amines) is 1. The standard InChI is InChI=1S/C42H55FN6O9/c1-24-28(22-45-34-33(24)49(17-18-54-34)38(53)58-41(8,9)10)27-19-25-20-30(44-23-29(25)32(31(27)43)47-36(51)56-39(2,3)4)46-35(50)55-26-11-12-42(21-26)13-15-48(16-14-42)37(52)57-40(5,6)7/h19-20,22-23,26H,11-18,21H2,1-10H3,(H,47,51)(H,44,46,50). The van der Waals surface area contributed by atoms with Crippen molar-refractivity contribution in [3.05, 3.63) is 35.9 Å². The molecule has 4 amide bonds. The number of hydrogen-bond acceptors (Lipinski definition) is 11. The monoisotopic (exact) mass is 806 g/mol. The molecule has 3 aliphatic rings. The summed E-state index contributed by atoms with van der Waals surface area (Å²) in [5.41, 5.74) is -1.24. The third kappa shape index (κ3) is 9.81. The van der Waals surface area contributed by atoms with Crippen molar-refractivity contribution in [1.82, 2.24) is 14.9 Å². The Hall–Kier alpha value is -5.41. The molecular weight excluding hydrogens is 751 g/mol. The molecule has 16 heteroatoms. The summed E-state index contributed by atoms with van der Waals surface area (Å²) < 4.78 is 45.1. The van der Waals surface area contributed by atoms with E-state index in [0.717, 1.165) is 19.3 Å². The molecule has 0 radical (unpaired) electrons. The molecule has 1 saturated heterocycles. The Balaban J connectivity index is 1.25. The van der Waals surface area contributed by atoms with Gasteiger partial charge in [0, 0.05) is 42.0 Å². The molecule has 1 aromatic carbocycles. The lowest BCUT2D eigenvalue weighted by Gasteiger charge is -2.39. The Kier molecular flexibility index (Phi) is 11.5. The second kappa shape index (κ2) is 15.7. The highest BCUT2D eigenvalue weighted by Crippen LogP contribution is 2.48. The average molecular weight is 807 g/mol. The highest BCUT2D eigenvalue weighted by Gasteiger charge is 2.44. The van der Waals surface area contributed by atoms with Crippen molar-refractivity contribution in [2.24, 2.45) is 5.41 Å². The van der Waals surface area contributed by atoms with Crippen LogP contribution < -0.4 is 20.3 Å². The number of amides is 4. The maximum Gasteiger partial charge on any atom is 0.415 e. The summed E-state index contributed by atoms with van der Waals surface area (Å²) in [7, 11) is 0. The summed E-state index contributed by atoms with van der Waals surface area (Å²) in [5.74, 6) is -0.459. The molecular formula is C42H55FN6O9. The summed E-state index contributed by atoms with van der Waals surface area (Å²) in [5, 5.41) is 5.94. The molecule has 0 bridgehead atoms. The van der Waals surface area contributed by atoms with Crippen LogP contribution in [0.5, 0.6) is 5.88 Å². The van der Waals surface area contributed by atoms with Crippen molar-refractivity contribution >= 4 is 52.3 Å². The van der Waals surface area contributed by atoms with Gasteiger partial charge in [0.25, 0.3) is 0 Å². The zero-order chi connectivity index (χ0) is 42.4. The lowest BCUT2D eigenvalue weighted by molar-refractivity contribution is 0.00901. The topological polar surface area (TPSA) is 171 Å². The van der Waals surface area contributed by atoms with E-state index in [2.05, 4.69) is 20.6 Å². The van der Waals surface area contributed by atoms with Gasteiger partial charge < -0.3 is 28.6 Å². The molecule has 1 atom stereocenters. The van der Waals surface area contributed by atoms with Crippen LogP contribution in [-0.4, -0.2) is 88.4 Å². The van der Waals surface area contributed by atoms with E-state index >= 15 is 4.39 Å². The normalized spacial score (nSPS) is 17.9. The first-order chi connectivity index (χ1) is 27.0. The molecule has 1 unspecified atom stereocenters. The summed E-state index contributed by atoms with van der Waals surface area (Å²) in [4.78, 5) is 64.2. The van der Waals surface area contributed by atoms with E-state index in [1.54, 1.807) is 65.5 Å². The fraction of sp³-hybridized carbons (Fsp3) is 0.571. The largest absolute Gasteiger partial charge is 0.474 e. The van der Waals surface area contributed by atoms with Crippen molar-refractivity contribution < 1.29 is 47.3 Å². The fourth-order valence-electron chi connectivity index (χ4n) is 7.66. The number of halogens is 1. The van der Waals surface area contributed by atoms with E-state index in [0.29, 0.717) is 48.1 Å². The molecule has 15 nitrogen and oxygen atoms in total. The second-order valence-electron chi connectivity index (χ2n) is 18.3. The van der Waals surface area contributed by atoms with Crippen LogP contribution in [0, 0.1) is 18.2 Å². The Morgan fingerprint density at radius 3 is 2.12 bits per heavy atom. The minimum atomic E-state index is -0.884. The number of ether oxygens (including phenoxy) is 5. The number of benzene rings is 1. The molecule has 2 fully saturated rings. The lowest BCUT2D eigenvalue weighted by atomic mass is 9.77. The average Bonchev–Trinajstić information content (AvgIpc) is 3.48. The molecule has 2 N–H and O–H groups in total. The molecule has 1 spiro atoms. The zero-order valence-electron chi connectivity index (χ0n) is 35.1. The molecule has 4 heterocycles. The number of rotatable bonds is 4. The number of nitrogens with one attached hydrogen (secondary N) is 2. The van der Waals surface area contributed by atoms with Crippen LogP contribution in [0.25, 0.3) is 21.9 Å². The van der Waals surface area contributed by atoms with Crippen LogP contribution in [0.3, 0.4) is 0 Å². The number of pyridine rings is 2. The van der Waals surface area contributed by atoms with Crippen LogP contribution in [-0.2, 0) is 18.9 Å². The minimum absolute atomic E-state index is 0.0254. The van der Waals surface area contributed by atoms with E-state index in [4.69, 9.17) is 23.7 Å². The zero-order valence-corrected chi connectivity index (χ0v) is 35.1. The van der Waals surface area contributed by atoms with Crippen molar-refractivity contribution in [2.75, 3.05) is 41.8 Å². The SMILES string of the molecule is Cc1c(-c2cc3cc(NC(=O)OC4CCC5(CCN(C(=O)OC(C)(C)C)CC5)C4)ncc3c(NC(=O)OC(C)(C)C)c2F)cnc2c1N(C(=O)OC(C)(C)C)CCO2. The highest BCUT2D eigenvalue weighted by molar-refractivity contribution is 6.05. The van der Waals surface area contributed by atoms with Crippen molar-refractivity contribution in [3.63, 3.8) is 0 Å². The number of anilines is 3. The Labute approximate surface area is 338 Å². The van der Waals surface area contributed by atoms with E-state index < -0.39 is 40.9 Å². The van der Waals surface area contributed by atoms with Gasteiger partial charge in [-0.3, -0.25) is 15.5 Å². The minimum Gasteiger partial charge on any atom is -0.474 e. The van der Waals surface area contributed by atoms with E-state index in [-0.39, 0.29) is 59.1 Å². The van der Waals surface area contributed by atoms with Gasteiger partial charge in [0.2, 0.25) is 5.88 Å². The number of carbonyl (C=O) groups is 4. The summed E-state index contributed by atoms with van der Waals surface area (Å²) >= 11 is 0. The lowest BCUT2D eigenvalue weighted by Crippen LogP contribution is -2.44. The van der Waals surface area contributed by atoms with Gasteiger partial charge >= 0.3 is 24.4 Å². The number of carbonyl (C=O) groups excluding carboxylic acids is 4. The summed E-state index contributed by atoms with van der Waals surface area (Å²) in [6.07, 6.45) is 3.83. The van der Waals surface area contributed by atoms with Gasteiger partial charge in [-0.05, 0) is 130 Å². The number of fused-ring (bicyclic) bond motifs is 2. The molecule has 2 aromatic heterocycles. The molecule has 2 aliphatic heterocycles. The van der Waals surface area contributed by atoms with Gasteiger partial charge in [-0.2, -0.15) is 0 Å². The molecule has 3 aromatic rings. The van der Waals surface area contributed by atoms with Gasteiger partial charge in [0.1, 0.15) is 41.0 Å². The van der Waals surface area contributed by atoms with Crippen molar-refractivity contribution in [1.29, 1.82) is 0 Å². The van der Waals surface area contributed by atoms with Crippen molar-refractivity contribution in [3.8, 4) is 17.0 Å². The van der Waals surface area contributed by atoms with Gasteiger partial charge in [-0.1, -0.05) is 0 Å².